The zero-order valence-corrected chi connectivity index (χ0v) is 13.1. The molecule has 2 heterocycles. The predicted molar refractivity (Wildman–Crippen MR) is 80.5 cm³/mol. The largest absolute Gasteiger partial charge is 0.350 e. The van der Waals surface area contributed by atoms with E-state index in [9.17, 15) is 4.79 Å². The minimum Gasteiger partial charge on any atom is -0.350 e. The predicted octanol–water partition coefficient (Wildman–Crippen LogP) is 1.83. The van der Waals surface area contributed by atoms with Gasteiger partial charge < -0.3 is 9.88 Å². The summed E-state index contributed by atoms with van der Waals surface area (Å²) in [5.41, 5.74) is 2.11. The molecule has 1 unspecified atom stereocenters. The Morgan fingerprint density at radius 2 is 2.19 bits per heavy atom. The molecule has 21 heavy (non-hydrogen) atoms. The lowest BCUT2D eigenvalue weighted by atomic mass is 10.0. The van der Waals surface area contributed by atoms with Crippen molar-refractivity contribution in [1.29, 1.82) is 0 Å². The van der Waals surface area contributed by atoms with Crippen molar-refractivity contribution in [3.05, 3.63) is 36.2 Å². The molecule has 6 heteroatoms. The van der Waals surface area contributed by atoms with E-state index in [0.29, 0.717) is 12.5 Å². The lowest BCUT2D eigenvalue weighted by Gasteiger charge is -2.20. The molecule has 0 spiro atoms. The number of hydrogen-bond acceptors (Lipinski definition) is 3. The highest BCUT2D eigenvalue weighted by molar-refractivity contribution is 5.80. The van der Waals surface area contributed by atoms with Gasteiger partial charge in [0.1, 0.15) is 6.04 Å². The Kier molecular flexibility index (Phi) is 4.77. The van der Waals surface area contributed by atoms with E-state index >= 15 is 0 Å². The van der Waals surface area contributed by atoms with Crippen LogP contribution >= 0.6 is 0 Å². The van der Waals surface area contributed by atoms with Crippen molar-refractivity contribution in [2.24, 2.45) is 13.0 Å². The standard InChI is InChI=1S/C15H23N5O/c1-11(2)7-14(20-6-5-16-10-20)15(21)17-8-13-9-18-19(4)12(13)3/h5-6,9-11,14H,7-8H2,1-4H3,(H,17,21). The van der Waals surface area contributed by atoms with Crippen molar-refractivity contribution < 1.29 is 4.79 Å². The number of nitrogens with zero attached hydrogens (tertiary/aromatic N) is 4. The molecule has 1 atom stereocenters. The molecule has 0 aliphatic heterocycles. The van der Waals surface area contributed by atoms with Crippen LogP contribution in [0.25, 0.3) is 0 Å². The van der Waals surface area contributed by atoms with Gasteiger partial charge >= 0.3 is 0 Å². The van der Waals surface area contributed by atoms with Crippen LogP contribution in [0.3, 0.4) is 0 Å². The van der Waals surface area contributed by atoms with Gasteiger partial charge in [-0.2, -0.15) is 5.10 Å². The van der Waals surface area contributed by atoms with E-state index in [1.165, 1.54) is 0 Å². The van der Waals surface area contributed by atoms with Gasteiger partial charge in [-0.3, -0.25) is 9.48 Å². The SMILES string of the molecule is Cc1c(CNC(=O)C(CC(C)C)n2ccnc2)cnn1C. The molecule has 0 aliphatic carbocycles. The van der Waals surface area contributed by atoms with Gasteiger partial charge in [-0.25, -0.2) is 4.98 Å². The lowest BCUT2D eigenvalue weighted by molar-refractivity contribution is -0.125. The van der Waals surface area contributed by atoms with Gasteiger partial charge in [-0.05, 0) is 19.3 Å². The zero-order chi connectivity index (χ0) is 15.4. The summed E-state index contributed by atoms with van der Waals surface area (Å²) in [6, 6.07) is -0.218. The van der Waals surface area contributed by atoms with Crippen LogP contribution in [0.5, 0.6) is 0 Å². The molecule has 1 amide bonds. The highest BCUT2D eigenvalue weighted by Gasteiger charge is 2.21. The van der Waals surface area contributed by atoms with Crippen LogP contribution in [0.2, 0.25) is 0 Å². The van der Waals surface area contributed by atoms with Crippen LogP contribution in [0.15, 0.2) is 24.9 Å². The normalized spacial score (nSPS) is 12.6. The van der Waals surface area contributed by atoms with E-state index in [0.717, 1.165) is 17.7 Å². The quantitative estimate of drug-likeness (QED) is 0.882. The zero-order valence-electron chi connectivity index (χ0n) is 13.1. The van der Waals surface area contributed by atoms with Crippen LogP contribution in [-0.2, 0) is 18.4 Å². The number of carbonyl (C=O) groups excluding carboxylic acids is 1. The third-order valence-electron chi connectivity index (χ3n) is 3.67. The number of aromatic nitrogens is 4. The van der Waals surface area contributed by atoms with E-state index in [4.69, 9.17) is 0 Å². The molecule has 0 bridgehead atoms. The number of amides is 1. The minimum absolute atomic E-state index is 0.0185. The number of hydrogen-bond donors (Lipinski definition) is 1. The highest BCUT2D eigenvalue weighted by Crippen LogP contribution is 2.18. The number of nitrogens with one attached hydrogen (secondary N) is 1. The molecular weight excluding hydrogens is 266 g/mol. The summed E-state index contributed by atoms with van der Waals surface area (Å²) < 4.78 is 3.67. The fourth-order valence-corrected chi connectivity index (χ4v) is 2.28. The smallest absolute Gasteiger partial charge is 0.243 e. The number of rotatable bonds is 6. The molecular formula is C15H23N5O. The molecule has 2 rings (SSSR count). The van der Waals surface area contributed by atoms with E-state index < -0.39 is 0 Å². The molecule has 6 nitrogen and oxygen atoms in total. The van der Waals surface area contributed by atoms with E-state index in [1.54, 1.807) is 18.7 Å². The lowest BCUT2D eigenvalue weighted by Crippen LogP contribution is -2.32. The van der Waals surface area contributed by atoms with Crippen molar-refractivity contribution >= 4 is 5.91 Å². The Morgan fingerprint density at radius 1 is 1.43 bits per heavy atom. The summed E-state index contributed by atoms with van der Waals surface area (Å²) in [6.07, 6.45) is 7.81. The third kappa shape index (κ3) is 3.71. The summed E-state index contributed by atoms with van der Waals surface area (Å²) in [5, 5.41) is 7.19. The first kappa shape index (κ1) is 15.3. The summed E-state index contributed by atoms with van der Waals surface area (Å²) in [6.45, 7) is 6.72. The molecule has 2 aromatic rings. The Hall–Kier alpha value is -2.11. The molecule has 114 valence electrons. The van der Waals surface area contributed by atoms with Crippen molar-refractivity contribution in [2.45, 2.75) is 39.8 Å². The van der Waals surface area contributed by atoms with E-state index in [1.807, 2.05) is 29.4 Å². The molecule has 2 aromatic heterocycles. The van der Waals surface area contributed by atoms with Crippen molar-refractivity contribution in [2.75, 3.05) is 0 Å². The van der Waals surface area contributed by atoms with Crippen molar-refractivity contribution in [3.63, 3.8) is 0 Å². The maximum Gasteiger partial charge on any atom is 0.243 e. The van der Waals surface area contributed by atoms with Crippen LogP contribution < -0.4 is 5.32 Å². The first-order chi connectivity index (χ1) is 9.99. The molecule has 0 aliphatic rings. The Morgan fingerprint density at radius 3 is 2.71 bits per heavy atom. The minimum atomic E-state index is -0.218. The highest BCUT2D eigenvalue weighted by atomic mass is 16.2. The molecule has 0 radical (unpaired) electrons. The van der Waals surface area contributed by atoms with Crippen molar-refractivity contribution in [3.8, 4) is 0 Å². The third-order valence-corrected chi connectivity index (χ3v) is 3.67. The van der Waals surface area contributed by atoms with E-state index in [2.05, 4.69) is 29.2 Å². The Labute approximate surface area is 125 Å². The fraction of sp³-hybridized carbons (Fsp3) is 0.533. The summed E-state index contributed by atoms with van der Waals surface area (Å²) in [4.78, 5) is 16.5. The summed E-state index contributed by atoms with van der Waals surface area (Å²) >= 11 is 0. The van der Waals surface area contributed by atoms with Crippen molar-refractivity contribution in [1.82, 2.24) is 24.6 Å². The van der Waals surface area contributed by atoms with Gasteiger partial charge in [-0.1, -0.05) is 13.8 Å². The average molecular weight is 289 g/mol. The number of imidazole rings is 1. The Balaban J connectivity index is 2.03. The molecule has 0 fully saturated rings. The van der Waals surface area contributed by atoms with E-state index in [-0.39, 0.29) is 11.9 Å². The van der Waals surface area contributed by atoms with Crippen LogP contribution in [-0.4, -0.2) is 25.2 Å². The number of carbonyl (C=O) groups is 1. The number of aryl methyl sites for hydroxylation is 1. The summed E-state index contributed by atoms with van der Waals surface area (Å²) in [7, 11) is 1.90. The second-order valence-electron chi connectivity index (χ2n) is 5.75. The second kappa shape index (κ2) is 6.56. The summed E-state index contributed by atoms with van der Waals surface area (Å²) in [5.74, 6) is 0.452. The Bertz CT molecular complexity index is 585. The van der Waals surface area contributed by atoms with Gasteiger partial charge in [0.25, 0.3) is 0 Å². The van der Waals surface area contributed by atoms with Gasteiger partial charge in [0.15, 0.2) is 0 Å². The van der Waals surface area contributed by atoms with Gasteiger partial charge in [0.05, 0.1) is 12.5 Å². The van der Waals surface area contributed by atoms with Gasteiger partial charge in [0, 0.05) is 37.2 Å². The molecule has 1 N–H and O–H groups in total. The van der Waals surface area contributed by atoms with Gasteiger partial charge in [0.2, 0.25) is 5.91 Å². The van der Waals surface area contributed by atoms with Crippen LogP contribution in [0, 0.1) is 12.8 Å². The first-order valence-corrected chi connectivity index (χ1v) is 7.21. The monoisotopic (exact) mass is 289 g/mol. The maximum absolute atomic E-state index is 12.5. The fourth-order valence-electron chi connectivity index (χ4n) is 2.28. The van der Waals surface area contributed by atoms with Crippen LogP contribution in [0.1, 0.15) is 37.6 Å². The average Bonchev–Trinajstić information content (AvgIpc) is 3.06. The van der Waals surface area contributed by atoms with Gasteiger partial charge in [-0.15, -0.1) is 0 Å². The topological polar surface area (TPSA) is 64.7 Å². The molecule has 0 saturated heterocycles. The molecule has 0 aromatic carbocycles. The molecule has 0 saturated carbocycles. The maximum atomic E-state index is 12.5. The first-order valence-electron chi connectivity index (χ1n) is 7.21. The van der Waals surface area contributed by atoms with Crippen LogP contribution in [0.4, 0.5) is 0 Å². The second-order valence-corrected chi connectivity index (χ2v) is 5.75.